The lowest BCUT2D eigenvalue weighted by atomic mass is 10.2. The Bertz CT molecular complexity index is 978. The molecule has 3 aromatic rings. The van der Waals surface area contributed by atoms with Gasteiger partial charge in [0.2, 0.25) is 5.91 Å². The third-order valence-electron chi connectivity index (χ3n) is 5.30. The second kappa shape index (κ2) is 9.22. The van der Waals surface area contributed by atoms with E-state index >= 15 is 0 Å². The van der Waals surface area contributed by atoms with Gasteiger partial charge in [0.15, 0.2) is 11.7 Å². The number of nitrogens with zero attached hydrogens (tertiary/aromatic N) is 3. The van der Waals surface area contributed by atoms with Gasteiger partial charge in [0.1, 0.15) is 5.75 Å². The minimum absolute atomic E-state index is 0.135. The zero-order valence-electron chi connectivity index (χ0n) is 16.9. The molecule has 2 heterocycles. The lowest BCUT2D eigenvalue weighted by molar-refractivity contribution is -0.131. The fraction of sp³-hybridized carbons (Fsp3) is 0.304. The number of carbonyl (C=O) groups is 1. The number of aryl methyl sites for hydroxylation is 1. The molecule has 0 spiro atoms. The summed E-state index contributed by atoms with van der Waals surface area (Å²) in [4.78, 5) is 21.1. The highest BCUT2D eigenvalue weighted by Crippen LogP contribution is 2.23. The van der Waals surface area contributed by atoms with Crippen molar-refractivity contribution in [3.63, 3.8) is 0 Å². The van der Waals surface area contributed by atoms with Gasteiger partial charge in [0, 0.05) is 55.3 Å². The molecule has 0 N–H and O–H groups in total. The SMILES string of the molecule is COc1ccc(N2CCN(C(=O)CCc3ncc(-c4ccc(Cl)cc4)o3)CC2)cc1. The van der Waals surface area contributed by atoms with Gasteiger partial charge >= 0.3 is 0 Å². The summed E-state index contributed by atoms with van der Waals surface area (Å²) in [6, 6.07) is 15.4. The predicted molar refractivity (Wildman–Crippen MR) is 117 cm³/mol. The van der Waals surface area contributed by atoms with E-state index in [4.69, 9.17) is 20.8 Å². The maximum absolute atomic E-state index is 12.6. The Morgan fingerprint density at radius 3 is 2.43 bits per heavy atom. The van der Waals surface area contributed by atoms with Crippen molar-refractivity contribution < 1.29 is 13.9 Å². The summed E-state index contributed by atoms with van der Waals surface area (Å²) in [5.74, 6) is 2.24. The first-order chi connectivity index (χ1) is 14.6. The van der Waals surface area contributed by atoms with Crippen LogP contribution in [-0.4, -0.2) is 49.1 Å². The summed E-state index contributed by atoms with van der Waals surface area (Å²) in [5.41, 5.74) is 2.07. The van der Waals surface area contributed by atoms with Crippen molar-refractivity contribution in [1.82, 2.24) is 9.88 Å². The molecule has 4 rings (SSSR count). The number of amides is 1. The molecule has 1 fully saturated rings. The average Bonchev–Trinajstić information content (AvgIpc) is 3.27. The number of hydrogen-bond acceptors (Lipinski definition) is 5. The molecule has 1 amide bonds. The van der Waals surface area contributed by atoms with Crippen LogP contribution in [0, 0.1) is 0 Å². The molecule has 6 nitrogen and oxygen atoms in total. The molecular weight excluding hydrogens is 402 g/mol. The first kappa shape index (κ1) is 20.3. The molecule has 0 atom stereocenters. The van der Waals surface area contributed by atoms with Gasteiger partial charge in [-0.05, 0) is 48.5 Å². The van der Waals surface area contributed by atoms with Crippen molar-refractivity contribution in [2.45, 2.75) is 12.8 Å². The molecule has 0 saturated carbocycles. The predicted octanol–water partition coefficient (Wildman–Crippen LogP) is 4.29. The summed E-state index contributed by atoms with van der Waals surface area (Å²) in [7, 11) is 1.66. The number of benzene rings is 2. The van der Waals surface area contributed by atoms with Crippen LogP contribution in [0.5, 0.6) is 5.75 Å². The van der Waals surface area contributed by atoms with Crippen molar-refractivity contribution in [3.05, 3.63) is 65.6 Å². The van der Waals surface area contributed by atoms with Crippen molar-refractivity contribution in [1.29, 1.82) is 0 Å². The fourth-order valence-electron chi connectivity index (χ4n) is 3.55. The number of halogens is 1. The molecule has 156 valence electrons. The number of methoxy groups -OCH3 is 1. The van der Waals surface area contributed by atoms with Crippen molar-refractivity contribution in [2.24, 2.45) is 0 Å². The van der Waals surface area contributed by atoms with Crippen LogP contribution in [0.3, 0.4) is 0 Å². The average molecular weight is 426 g/mol. The molecule has 2 aromatic carbocycles. The van der Waals surface area contributed by atoms with E-state index in [1.807, 2.05) is 41.3 Å². The number of anilines is 1. The highest BCUT2D eigenvalue weighted by molar-refractivity contribution is 6.30. The van der Waals surface area contributed by atoms with Gasteiger partial charge in [-0.2, -0.15) is 0 Å². The maximum Gasteiger partial charge on any atom is 0.223 e. The van der Waals surface area contributed by atoms with Gasteiger partial charge in [-0.25, -0.2) is 4.98 Å². The summed E-state index contributed by atoms with van der Waals surface area (Å²) in [6.45, 7) is 3.06. The van der Waals surface area contributed by atoms with Crippen LogP contribution in [0.4, 0.5) is 5.69 Å². The first-order valence-electron chi connectivity index (χ1n) is 10.00. The monoisotopic (exact) mass is 425 g/mol. The number of aromatic nitrogens is 1. The highest BCUT2D eigenvalue weighted by Gasteiger charge is 2.21. The summed E-state index contributed by atoms with van der Waals surface area (Å²) < 4.78 is 11.0. The molecule has 30 heavy (non-hydrogen) atoms. The summed E-state index contributed by atoms with van der Waals surface area (Å²) in [6.07, 6.45) is 2.57. The molecule has 1 aliphatic rings. The van der Waals surface area contributed by atoms with Crippen molar-refractivity contribution in [2.75, 3.05) is 38.2 Å². The molecule has 7 heteroatoms. The van der Waals surface area contributed by atoms with Crippen LogP contribution in [-0.2, 0) is 11.2 Å². The Morgan fingerprint density at radius 1 is 1.07 bits per heavy atom. The molecule has 0 radical (unpaired) electrons. The normalized spacial score (nSPS) is 14.1. The van der Waals surface area contributed by atoms with Gasteiger partial charge in [0.05, 0.1) is 13.3 Å². The van der Waals surface area contributed by atoms with Crippen LogP contribution in [0.15, 0.2) is 59.1 Å². The van der Waals surface area contributed by atoms with E-state index in [-0.39, 0.29) is 5.91 Å². The number of rotatable bonds is 6. The van der Waals surface area contributed by atoms with E-state index in [9.17, 15) is 4.79 Å². The second-order valence-electron chi connectivity index (χ2n) is 7.19. The molecule has 1 aromatic heterocycles. The van der Waals surface area contributed by atoms with Crippen molar-refractivity contribution >= 4 is 23.2 Å². The zero-order valence-corrected chi connectivity index (χ0v) is 17.6. The minimum Gasteiger partial charge on any atom is -0.497 e. The molecule has 1 aliphatic heterocycles. The zero-order chi connectivity index (χ0) is 20.9. The van der Waals surface area contributed by atoms with E-state index in [0.717, 1.165) is 30.1 Å². The smallest absolute Gasteiger partial charge is 0.223 e. The van der Waals surface area contributed by atoms with Gasteiger partial charge < -0.3 is 19.0 Å². The molecule has 0 bridgehead atoms. The summed E-state index contributed by atoms with van der Waals surface area (Å²) in [5, 5.41) is 0.677. The first-order valence-corrected chi connectivity index (χ1v) is 10.4. The standard InChI is InChI=1S/C23H24ClN3O3/c1-29-20-8-6-19(7-9-20)26-12-14-27(15-13-26)23(28)11-10-22-25-16-21(30-22)17-2-4-18(24)5-3-17/h2-9,16H,10-15H2,1H3. The molecule has 0 unspecified atom stereocenters. The van der Waals surface area contributed by atoms with Crippen LogP contribution in [0.2, 0.25) is 5.02 Å². The lowest BCUT2D eigenvalue weighted by Gasteiger charge is -2.36. The van der Waals surface area contributed by atoms with Gasteiger partial charge in [-0.1, -0.05) is 11.6 Å². The third-order valence-corrected chi connectivity index (χ3v) is 5.56. The largest absolute Gasteiger partial charge is 0.497 e. The second-order valence-corrected chi connectivity index (χ2v) is 7.63. The fourth-order valence-corrected chi connectivity index (χ4v) is 3.68. The van der Waals surface area contributed by atoms with E-state index in [1.54, 1.807) is 13.3 Å². The maximum atomic E-state index is 12.6. The van der Waals surface area contributed by atoms with E-state index in [1.165, 1.54) is 0 Å². The number of hydrogen-bond donors (Lipinski definition) is 0. The molecular formula is C23H24ClN3O3. The molecule has 0 aliphatic carbocycles. The highest BCUT2D eigenvalue weighted by atomic mass is 35.5. The van der Waals surface area contributed by atoms with E-state index in [0.29, 0.717) is 42.6 Å². The van der Waals surface area contributed by atoms with Crippen LogP contribution in [0.1, 0.15) is 12.3 Å². The van der Waals surface area contributed by atoms with Gasteiger partial charge in [-0.3, -0.25) is 4.79 Å². The Hall–Kier alpha value is -2.99. The Balaban J connectivity index is 1.26. The van der Waals surface area contributed by atoms with Crippen LogP contribution >= 0.6 is 11.6 Å². The van der Waals surface area contributed by atoms with Crippen LogP contribution in [0.25, 0.3) is 11.3 Å². The van der Waals surface area contributed by atoms with Crippen LogP contribution < -0.4 is 9.64 Å². The van der Waals surface area contributed by atoms with E-state index < -0.39 is 0 Å². The number of carbonyl (C=O) groups excluding carboxylic acids is 1. The van der Waals surface area contributed by atoms with E-state index in [2.05, 4.69) is 22.0 Å². The molecule has 1 saturated heterocycles. The third kappa shape index (κ3) is 4.76. The Morgan fingerprint density at radius 2 is 1.77 bits per heavy atom. The quantitative estimate of drug-likeness (QED) is 0.589. The van der Waals surface area contributed by atoms with Gasteiger partial charge in [-0.15, -0.1) is 0 Å². The number of oxazole rings is 1. The minimum atomic E-state index is 0.135. The number of ether oxygens (including phenoxy) is 1. The Kier molecular flexibility index (Phi) is 6.23. The topological polar surface area (TPSA) is 58.8 Å². The van der Waals surface area contributed by atoms with Gasteiger partial charge in [0.25, 0.3) is 0 Å². The van der Waals surface area contributed by atoms with Crippen molar-refractivity contribution in [3.8, 4) is 17.1 Å². The number of piperazine rings is 1. The lowest BCUT2D eigenvalue weighted by Crippen LogP contribution is -2.48. The summed E-state index contributed by atoms with van der Waals surface area (Å²) >= 11 is 5.92. The Labute approximate surface area is 181 Å².